The highest BCUT2D eigenvalue weighted by atomic mass is 127. The Bertz CT molecular complexity index is 609. The highest BCUT2D eigenvalue weighted by Gasteiger charge is 2.16. The van der Waals surface area contributed by atoms with E-state index in [4.69, 9.17) is 4.74 Å². The highest BCUT2D eigenvalue weighted by molar-refractivity contribution is 14.1. The van der Waals surface area contributed by atoms with Crippen LogP contribution < -0.4 is 10.1 Å². The van der Waals surface area contributed by atoms with Gasteiger partial charge >= 0.3 is 0 Å². The maximum atomic E-state index is 5.16. The van der Waals surface area contributed by atoms with Gasteiger partial charge in [-0.3, -0.25) is 0 Å². The molecule has 2 aromatic rings. The summed E-state index contributed by atoms with van der Waals surface area (Å²) in [6.45, 7) is 3.00. The third-order valence-electron chi connectivity index (χ3n) is 3.11. The van der Waals surface area contributed by atoms with Crippen molar-refractivity contribution in [1.82, 2.24) is 15.3 Å². The zero-order valence-electron chi connectivity index (χ0n) is 11.9. The number of rotatable bonds is 6. The second kappa shape index (κ2) is 8.05. The second-order valence-corrected chi connectivity index (χ2v) is 6.63. The summed E-state index contributed by atoms with van der Waals surface area (Å²) in [6.07, 6.45) is 2.33. The van der Waals surface area contributed by atoms with Gasteiger partial charge in [-0.05, 0) is 52.9 Å². The zero-order chi connectivity index (χ0) is 15.2. The van der Waals surface area contributed by atoms with Gasteiger partial charge in [0.15, 0.2) is 0 Å². The lowest BCUT2D eigenvalue weighted by Gasteiger charge is -2.20. The van der Waals surface area contributed by atoms with Crippen LogP contribution in [0.1, 0.15) is 24.2 Å². The van der Waals surface area contributed by atoms with Gasteiger partial charge in [0.25, 0.3) is 0 Å². The summed E-state index contributed by atoms with van der Waals surface area (Å²) in [5, 5.41) is 3.52. The number of hydrogen-bond acceptors (Lipinski definition) is 4. The molecule has 0 radical (unpaired) electrons. The van der Waals surface area contributed by atoms with Crippen LogP contribution in [-0.4, -0.2) is 23.6 Å². The Kier molecular flexibility index (Phi) is 6.38. The van der Waals surface area contributed by atoms with Crippen LogP contribution in [0.4, 0.5) is 0 Å². The van der Waals surface area contributed by atoms with Crippen molar-refractivity contribution in [2.45, 2.75) is 19.4 Å². The number of benzene rings is 1. The summed E-state index contributed by atoms with van der Waals surface area (Å²) in [6, 6.07) is 8.44. The van der Waals surface area contributed by atoms with Crippen LogP contribution in [0.15, 0.2) is 35.1 Å². The smallest absolute Gasteiger partial charge is 0.216 e. The van der Waals surface area contributed by atoms with Crippen LogP contribution in [0.3, 0.4) is 0 Å². The van der Waals surface area contributed by atoms with E-state index in [-0.39, 0.29) is 6.04 Å². The molecule has 1 aromatic heterocycles. The van der Waals surface area contributed by atoms with Gasteiger partial charge in [-0.2, -0.15) is 0 Å². The average molecular weight is 462 g/mol. The summed E-state index contributed by atoms with van der Waals surface area (Å²) in [5.74, 6) is 0.594. The van der Waals surface area contributed by atoms with Crippen molar-refractivity contribution in [1.29, 1.82) is 0 Å². The Labute approximate surface area is 147 Å². The van der Waals surface area contributed by atoms with Crippen LogP contribution in [0.2, 0.25) is 0 Å². The third-order valence-corrected chi connectivity index (χ3v) is 4.50. The van der Waals surface area contributed by atoms with Crippen molar-refractivity contribution in [2.24, 2.45) is 0 Å². The molecule has 21 heavy (non-hydrogen) atoms. The van der Waals surface area contributed by atoms with E-state index >= 15 is 0 Å². The van der Waals surface area contributed by atoms with E-state index in [1.54, 1.807) is 13.4 Å². The molecule has 0 bridgehead atoms. The lowest BCUT2D eigenvalue weighted by Crippen LogP contribution is -2.24. The Morgan fingerprint density at radius 3 is 2.86 bits per heavy atom. The van der Waals surface area contributed by atoms with Gasteiger partial charge in [0.1, 0.15) is 6.33 Å². The number of halogens is 2. The van der Waals surface area contributed by atoms with E-state index in [9.17, 15) is 0 Å². The molecular weight excluding hydrogens is 445 g/mol. The lowest BCUT2D eigenvalue weighted by atomic mass is 10.0. The molecule has 0 fully saturated rings. The summed E-state index contributed by atoms with van der Waals surface area (Å²) >= 11 is 5.97. The van der Waals surface area contributed by atoms with Crippen LogP contribution in [0.5, 0.6) is 5.88 Å². The molecule has 2 rings (SSSR count). The Balaban J connectivity index is 2.28. The Morgan fingerprint density at radius 1 is 1.33 bits per heavy atom. The van der Waals surface area contributed by atoms with Crippen LogP contribution >= 0.6 is 38.5 Å². The van der Waals surface area contributed by atoms with E-state index in [1.807, 2.05) is 6.07 Å². The summed E-state index contributed by atoms with van der Waals surface area (Å²) in [7, 11) is 1.62. The predicted molar refractivity (Wildman–Crippen MR) is 95.6 cm³/mol. The molecule has 6 heteroatoms. The first-order valence-electron chi connectivity index (χ1n) is 6.67. The molecule has 1 aromatic carbocycles. The van der Waals surface area contributed by atoms with Crippen molar-refractivity contribution in [3.05, 3.63) is 49.9 Å². The van der Waals surface area contributed by atoms with E-state index in [0.717, 1.165) is 23.1 Å². The minimum absolute atomic E-state index is 0.193. The Morgan fingerprint density at radius 2 is 2.14 bits per heavy atom. The van der Waals surface area contributed by atoms with Gasteiger partial charge in [0.05, 0.1) is 7.11 Å². The monoisotopic (exact) mass is 461 g/mol. The summed E-state index contributed by atoms with van der Waals surface area (Å²) < 4.78 is 7.49. The van der Waals surface area contributed by atoms with Crippen LogP contribution in [0, 0.1) is 3.57 Å². The molecule has 112 valence electrons. The molecule has 1 atom stereocenters. The standard InChI is InChI=1S/C15H17BrIN3O/c1-3-18-14(12-6-10(17)4-5-13(12)16)7-11-8-15(21-2)20-9-19-11/h4-6,8-9,14,18H,3,7H2,1-2H3. The minimum Gasteiger partial charge on any atom is -0.481 e. The molecule has 0 amide bonds. The van der Waals surface area contributed by atoms with Crippen LogP contribution in [0.25, 0.3) is 0 Å². The zero-order valence-corrected chi connectivity index (χ0v) is 15.7. The molecule has 4 nitrogen and oxygen atoms in total. The van der Waals surface area contributed by atoms with E-state index < -0.39 is 0 Å². The number of likely N-dealkylation sites (N-methyl/N-ethyl adjacent to an activating group) is 1. The molecule has 1 unspecified atom stereocenters. The molecule has 1 N–H and O–H groups in total. The van der Waals surface area contributed by atoms with Crippen molar-refractivity contribution < 1.29 is 4.74 Å². The first-order chi connectivity index (χ1) is 10.1. The van der Waals surface area contributed by atoms with Crippen molar-refractivity contribution >= 4 is 38.5 Å². The highest BCUT2D eigenvalue weighted by Crippen LogP contribution is 2.28. The predicted octanol–water partition coefficient (Wildman–Crippen LogP) is 3.75. The maximum Gasteiger partial charge on any atom is 0.216 e. The van der Waals surface area contributed by atoms with Crippen LogP contribution in [-0.2, 0) is 6.42 Å². The molecule has 0 aliphatic rings. The average Bonchev–Trinajstić information content (AvgIpc) is 2.49. The number of ether oxygens (including phenoxy) is 1. The number of nitrogens with zero attached hydrogens (tertiary/aromatic N) is 2. The first kappa shape index (κ1) is 16.6. The van der Waals surface area contributed by atoms with Gasteiger partial charge in [-0.15, -0.1) is 0 Å². The molecular formula is C15H17BrIN3O. The SMILES string of the molecule is CCNC(Cc1cc(OC)ncn1)c1cc(I)ccc1Br. The van der Waals surface area contributed by atoms with E-state index in [1.165, 1.54) is 9.13 Å². The fraction of sp³-hybridized carbons (Fsp3) is 0.333. The van der Waals surface area contributed by atoms with Gasteiger partial charge in [0.2, 0.25) is 5.88 Å². The summed E-state index contributed by atoms with van der Waals surface area (Å²) in [5.41, 5.74) is 2.19. The van der Waals surface area contributed by atoms with Crippen molar-refractivity contribution in [3.8, 4) is 5.88 Å². The third kappa shape index (κ3) is 4.62. The Hall–Kier alpha value is -0.730. The van der Waals surface area contributed by atoms with Gasteiger partial charge in [-0.25, -0.2) is 9.97 Å². The quantitative estimate of drug-likeness (QED) is 0.665. The van der Waals surface area contributed by atoms with Crippen molar-refractivity contribution in [2.75, 3.05) is 13.7 Å². The largest absolute Gasteiger partial charge is 0.481 e. The van der Waals surface area contributed by atoms with Gasteiger partial charge in [0, 0.05) is 32.3 Å². The molecule has 1 heterocycles. The van der Waals surface area contributed by atoms with Gasteiger partial charge < -0.3 is 10.1 Å². The summed E-state index contributed by atoms with van der Waals surface area (Å²) in [4.78, 5) is 8.39. The normalized spacial score (nSPS) is 12.2. The molecule has 0 saturated heterocycles. The molecule has 0 aliphatic carbocycles. The maximum absolute atomic E-state index is 5.16. The first-order valence-corrected chi connectivity index (χ1v) is 8.54. The lowest BCUT2D eigenvalue weighted by molar-refractivity contribution is 0.395. The van der Waals surface area contributed by atoms with Crippen molar-refractivity contribution in [3.63, 3.8) is 0 Å². The molecule has 0 saturated carbocycles. The fourth-order valence-electron chi connectivity index (χ4n) is 2.13. The topological polar surface area (TPSA) is 47.0 Å². The van der Waals surface area contributed by atoms with E-state index in [2.05, 4.69) is 78.9 Å². The van der Waals surface area contributed by atoms with E-state index in [0.29, 0.717) is 5.88 Å². The van der Waals surface area contributed by atoms with Gasteiger partial charge in [-0.1, -0.05) is 22.9 Å². The minimum atomic E-state index is 0.193. The number of nitrogens with one attached hydrogen (secondary N) is 1. The number of aromatic nitrogens is 2. The molecule has 0 aliphatic heterocycles. The fourth-order valence-corrected chi connectivity index (χ4v) is 3.17. The molecule has 0 spiro atoms. The second-order valence-electron chi connectivity index (χ2n) is 4.53. The number of hydrogen-bond donors (Lipinski definition) is 1. The number of methoxy groups -OCH3 is 1.